The van der Waals surface area contributed by atoms with Crippen molar-refractivity contribution in [2.75, 3.05) is 0 Å². The maximum absolute atomic E-state index is 9.87. The number of rotatable bonds is 2. The predicted octanol–water partition coefficient (Wildman–Crippen LogP) is 3.10. The molecule has 3 N–H and O–H groups in total. The molecule has 0 bridgehead atoms. The van der Waals surface area contributed by atoms with Crippen LogP contribution in [0.25, 0.3) is 0 Å². The maximum atomic E-state index is 9.87. The second kappa shape index (κ2) is 3.77. The van der Waals surface area contributed by atoms with E-state index in [9.17, 15) is 5.11 Å². The highest BCUT2D eigenvalue weighted by molar-refractivity contribution is 5.41. The first-order valence-electron chi connectivity index (χ1n) is 5.98. The van der Waals surface area contributed by atoms with Crippen LogP contribution in [0.15, 0.2) is 18.2 Å². The van der Waals surface area contributed by atoms with Crippen LogP contribution in [0.4, 0.5) is 0 Å². The van der Waals surface area contributed by atoms with Gasteiger partial charge in [0.25, 0.3) is 0 Å². The van der Waals surface area contributed by atoms with Gasteiger partial charge in [0, 0.05) is 11.6 Å². The van der Waals surface area contributed by atoms with E-state index in [0.29, 0.717) is 11.7 Å². The quantitative estimate of drug-likeness (QED) is 0.803. The average molecular weight is 219 g/mol. The molecule has 1 aromatic carbocycles. The second-order valence-corrected chi connectivity index (χ2v) is 5.89. The number of aromatic hydroxyl groups is 1. The Bertz CT molecular complexity index is 388. The molecule has 1 aliphatic carbocycles. The van der Waals surface area contributed by atoms with Crippen molar-refractivity contribution in [1.29, 1.82) is 0 Å². The molecule has 1 saturated carbocycles. The fourth-order valence-electron chi connectivity index (χ4n) is 2.00. The zero-order chi connectivity index (χ0) is 11.9. The number of hydrogen-bond donors (Lipinski definition) is 2. The maximum Gasteiger partial charge on any atom is 0.120 e. The average Bonchev–Trinajstić information content (AvgIpc) is 2.98. The molecule has 1 fully saturated rings. The van der Waals surface area contributed by atoms with Gasteiger partial charge in [-0.05, 0) is 35.8 Å². The smallest absolute Gasteiger partial charge is 0.120 e. The summed E-state index contributed by atoms with van der Waals surface area (Å²) in [6, 6.07) is 5.83. The molecule has 0 radical (unpaired) electrons. The van der Waals surface area contributed by atoms with Crippen LogP contribution in [0.2, 0.25) is 0 Å². The molecule has 0 aliphatic heterocycles. The van der Waals surface area contributed by atoms with Crippen LogP contribution in [-0.4, -0.2) is 5.11 Å². The van der Waals surface area contributed by atoms with Crippen LogP contribution in [-0.2, 0) is 5.41 Å². The molecule has 2 heteroatoms. The van der Waals surface area contributed by atoms with Crippen LogP contribution < -0.4 is 5.73 Å². The van der Waals surface area contributed by atoms with Gasteiger partial charge in [0.1, 0.15) is 5.75 Å². The van der Waals surface area contributed by atoms with Crippen LogP contribution in [0.1, 0.15) is 50.8 Å². The highest BCUT2D eigenvalue weighted by atomic mass is 16.3. The Kier molecular flexibility index (Phi) is 2.70. The molecule has 0 aromatic heterocycles. The number of phenolic OH excluding ortho intramolecular Hbond substituents is 1. The molecule has 1 atom stereocenters. The lowest BCUT2D eigenvalue weighted by Crippen LogP contribution is -2.16. The van der Waals surface area contributed by atoms with Crippen LogP contribution in [0.3, 0.4) is 0 Å². The summed E-state index contributed by atoms with van der Waals surface area (Å²) >= 11 is 0. The molecule has 16 heavy (non-hydrogen) atoms. The Labute approximate surface area is 97.5 Å². The van der Waals surface area contributed by atoms with Gasteiger partial charge in [-0.1, -0.05) is 32.9 Å². The predicted molar refractivity (Wildman–Crippen MR) is 66.5 cm³/mol. The van der Waals surface area contributed by atoms with Gasteiger partial charge in [-0.2, -0.15) is 0 Å². The molecule has 2 nitrogen and oxygen atoms in total. The Morgan fingerprint density at radius 2 is 1.94 bits per heavy atom. The van der Waals surface area contributed by atoms with Crippen molar-refractivity contribution in [1.82, 2.24) is 0 Å². The molecule has 1 aliphatic rings. The van der Waals surface area contributed by atoms with Gasteiger partial charge in [-0.3, -0.25) is 0 Å². The number of hydrogen-bond acceptors (Lipinski definition) is 2. The monoisotopic (exact) mass is 219 g/mol. The lowest BCUT2D eigenvalue weighted by atomic mass is 9.85. The van der Waals surface area contributed by atoms with E-state index in [2.05, 4.69) is 26.8 Å². The van der Waals surface area contributed by atoms with E-state index in [0.717, 1.165) is 5.56 Å². The number of benzene rings is 1. The largest absolute Gasteiger partial charge is 0.508 e. The fourth-order valence-corrected chi connectivity index (χ4v) is 2.00. The van der Waals surface area contributed by atoms with Gasteiger partial charge in [-0.15, -0.1) is 0 Å². The SMILES string of the molecule is CC(C)(C)c1ccc(O)c(C(N)C2CC2)c1. The summed E-state index contributed by atoms with van der Waals surface area (Å²) in [6.07, 6.45) is 2.39. The molecule has 0 amide bonds. The lowest BCUT2D eigenvalue weighted by molar-refractivity contribution is 0.454. The van der Waals surface area contributed by atoms with Crippen LogP contribution in [0, 0.1) is 5.92 Å². The summed E-state index contributed by atoms with van der Waals surface area (Å²) in [5.41, 5.74) is 8.40. The molecule has 1 aromatic rings. The van der Waals surface area contributed by atoms with Crippen molar-refractivity contribution in [3.63, 3.8) is 0 Å². The molecule has 1 unspecified atom stereocenters. The molecular weight excluding hydrogens is 198 g/mol. The van der Waals surface area contributed by atoms with E-state index >= 15 is 0 Å². The molecule has 88 valence electrons. The van der Waals surface area contributed by atoms with Crippen molar-refractivity contribution in [3.05, 3.63) is 29.3 Å². The van der Waals surface area contributed by atoms with Gasteiger partial charge in [0.15, 0.2) is 0 Å². The van der Waals surface area contributed by atoms with E-state index < -0.39 is 0 Å². The third kappa shape index (κ3) is 2.22. The van der Waals surface area contributed by atoms with Crippen molar-refractivity contribution in [3.8, 4) is 5.75 Å². The zero-order valence-corrected chi connectivity index (χ0v) is 10.3. The van der Waals surface area contributed by atoms with E-state index in [-0.39, 0.29) is 11.5 Å². The highest BCUT2D eigenvalue weighted by Gasteiger charge is 2.31. The van der Waals surface area contributed by atoms with Gasteiger partial charge < -0.3 is 10.8 Å². The first-order valence-corrected chi connectivity index (χ1v) is 5.98. The molecular formula is C14H21NO. The Morgan fingerprint density at radius 1 is 1.31 bits per heavy atom. The summed E-state index contributed by atoms with van der Waals surface area (Å²) in [6.45, 7) is 6.52. The van der Waals surface area contributed by atoms with Crippen molar-refractivity contribution in [2.45, 2.75) is 45.1 Å². The summed E-state index contributed by atoms with van der Waals surface area (Å²) in [7, 11) is 0. The minimum absolute atomic E-state index is 0.00213. The normalized spacial score (nSPS) is 18.5. The first-order chi connectivity index (χ1) is 7.39. The minimum Gasteiger partial charge on any atom is -0.508 e. The standard InChI is InChI=1S/C14H21NO/c1-14(2,3)10-6-7-12(16)11(8-10)13(15)9-4-5-9/h6-9,13,16H,4-5,15H2,1-3H3. The van der Waals surface area contributed by atoms with Crippen LogP contribution in [0.5, 0.6) is 5.75 Å². The lowest BCUT2D eigenvalue weighted by Gasteiger charge is -2.22. The van der Waals surface area contributed by atoms with E-state index in [1.807, 2.05) is 6.07 Å². The highest BCUT2D eigenvalue weighted by Crippen LogP contribution is 2.42. The topological polar surface area (TPSA) is 46.2 Å². The van der Waals surface area contributed by atoms with Crippen molar-refractivity contribution < 1.29 is 5.11 Å². The van der Waals surface area contributed by atoms with E-state index in [4.69, 9.17) is 5.73 Å². The van der Waals surface area contributed by atoms with Gasteiger partial charge >= 0.3 is 0 Å². The third-order valence-corrected chi connectivity index (χ3v) is 3.38. The Hall–Kier alpha value is -1.02. The van der Waals surface area contributed by atoms with Crippen molar-refractivity contribution in [2.24, 2.45) is 11.7 Å². The first kappa shape index (κ1) is 11.5. The summed E-state index contributed by atoms with van der Waals surface area (Å²) in [4.78, 5) is 0. The molecule has 2 rings (SSSR count). The molecule has 0 spiro atoms. The summed E-state index contributed by atoms with van der Waals surface area (Å²) in [5, 5.41) is 9.87. The Morgan fingerprint density at radius 3 is 2.44 bits per heavy atom. The van der Waals surface area contributed by atoms with Gasteiger partial charge in [0.05, 0.1) is 0 Å². The number of phenols is 1. The number of nitrogens with two attached hydrogens (primary N) is 1. The van der Waals surface area contributed by atoms with Gasteiger partial charge in [-0.25, -0.2) is 0 Å². The fraction of sp³-hybridized carbons (Fsp3) is 0.571. The molecule has 0 heterocycles. The van der Waals surface area contributed by atoms with Crippen LogP contribution >= 0.6 is 0 Å². The Balaban J connectivity index is 2.36. The van der Waals surface area contributed by atoms with Gasteiger partial charge in [0.2, 0.25) is 0 Å². The summed E-state index contributed by atoms with van der Waals surface area (Å²) < 4.78 is 0. The zero-order valence-electron chi connectivity index (χ0n) is 10.3. The van der Waals surface area contributed by atoms with Crippen molar-refractivity contribution >= 4 is 0 Å². The minimum atomic E-state index is 0.00213. The third-order valence-electron chi connectivity index (χ3n) is 3.38. The van der Waals surface area contributed by atoms with E-state index in [1.165, 1.54) is 18.4 Å². The second-order valence-electron chi connectivity index (χ2n) is 5.89. The molecule has 0 saturated heterocycles. The van der Waals surface area contributed by atoms with E-state index in [1.54, 1.807) is 6.07 Å². The summed E-state index contributed by atoms with van der Waals surface area (Å²) in [5.74, 6) is 0.911.